The second kappa shape index (κ2) is 6.67. The van der Waals surface area contributed by atoms with Gasteiger partial charge in [0.25, 0.3) is 10.0 Å². The Morgan fingerprint density at radius 3 is 2.62 bits per heavy atom. The highest BCUT2D eigenvalue weighted by molar-refractivity contribution is 7.92. The minimum absolute atomic E-state index is 0.158. The number of aromatic nitrogens is 2. The van der Waals surface area contributed by atoms with E-state index < -0.39 is 10.0 Å². The van der Waals surface area contributed by atoms with Gasteiger partial charge in [0.2, 0.25) is 0 Å². The van der Waals surface area contributed by atoms with Crippen LogP contribution in [0.3, 0.4) is 0 Å². The number of benzene rings is 2. The molecule has 0 saturated heterocycles. The molecule has 1 heterocycles. The predicted octanol–water partition coefficient (Wildman–Crippen LogP) is 3.69. The average Bonchev–Trinajstić information content (AvgIpc) is 2.97. The van der Waals surface area contributed by atoms with E-state index in [-0.39, 0.29) is 4.90 Å². The summed E-state index contributed by atoms with van der Waals surface area (Å²) in [6, 6.07) is 14.6. The van der Waals surface area contributed by atoms with Crippen LogP contribution in [0.4, 0.5) is 5.69 Å². The van der Waals surface area contributed by atoms with Crippen molar-refractivity contribution in [3.05, 3.63) is 77.1 Å². The predicted molar refractivity (Wildman–Crippen MR) is 94.8 cm³/mol. The molecule has 1 aromatic heterocycles. The summed E-state index contributed by atoms with van der Waals surface area (Å²) in [6.45, 7) is 2.24. The molecule has 3 rings (SSSR count). The number of anilines is 1. The van der Waals surface area contributed by atoms with E-state index in [2.05, 4.69) is 9.82 Å². The summed E-state index contributed by atoms with van der Waals surface area (Å²) in [5.74, 6) is 0. The molecule has 124 valence electrons. The number of sulfonamides is 1. The van der Waals surface area contributed by atoms with Crippen molar-refractivity contribution in [1.29, 1.82) is 0 Å². The van der Waals surface area contributed by atoms with Gasteiger partial charge in [-0.3, -0.25) is 9.40 Å². The standard InChI is InChI=1S/C17H16ClN3O2S/c1-13-16(18)8-5-9-17(13)24(22,23)20-15-10-19-21(12-15)11-14-6-3-2-4-7-14/h2-10,12,20H,11H2,1H3. The Morgan fingerprint density at radius 2 is 1.88 bits per heavy atom. The molecule has 0 saturated carbocycles. The van der Waals surface area contributed by atoms with Crippen LogP contribution in [-0.4, -0.2) is 18.2 Å². The molecule has 3 aromatic rings. The lowest BCUT2D eigenvalue weighted by molar-refractivity contribution is 0.600. The van der Waals surface area contributed by atoms with Gasteiger partial charge in [-0.05, 0) is 30.2 Å². The Balaban J connectivity index is 1.80. The smallest absolute Gasteiger partial charge is 0.262 e. The summed E-state index contributed by atoms with van der Waals surface area (Å²) in [5, 5.41) is 4.61. The Bertz CT molecular complexity index is 953. The molecule has 24 heavy (non-hydrogen) atoms. The third-order valence-corrected chi connectivity index (χ3v) is 5.52. The van der Waals surface area contributed by atoms with E-state index in [4.69, 9.17) is 11.6 Å². The maximum absolute atomic E-state index is 12.5. The number of hydrogen-bond acceptors (Lipinski definition) is 3. The summed E-state index contributed by atoms with van der Waals surface area (Å²) in [6.07, 6.45) is 3.14. The first-order chi connectivity index (χ1) is 11.5. The molecule has 0 aliphatic heterocycles. The summed E-state index contributed by atoms with van der Waals surface area (Å²) >= 11 is 6.01. The van der Waals surface area contributed by atoms with Gasteiger partial charge in [0.15, 0.2) is 0 Å². The molecule has 0 radical (unpaired) electrons. The molecule has 7 heteroatoms. The molecular formula is C17H16ClN3O2S. The zero-order chi connectivity index (χ0) is 17.2. The summed E-state index contributed by atoms with van der Waals surface area (Å²) in [4.78, 5) is 0.158. The number of rotatable bonds is 5. The molecule has 0 atom stereocenters. The van der Waals surface area contributed by atoms with Gasteiger partial charge >= 0.3 is 0 Å². The van der Waals surface area contributed by atoms with E-state index in [1.54, 1.807) is 29.9 Å². The van der Waals surface area contributed by atoms with Gasteiger partial charge in [-0.25, -0.2) is 8.42 Å². The van der Waals surface area contributed by atoms with Crippen LogP contribution in [-0.2, 0) is 16.6 Å². The second-order valence-electron chi connectivity index (χ2n) is 5.38. The Kier molecular flexibility index (Phi) is 4.59. The molecule has 0 aliphatic rings. The number of halogens is 1. The number of nitrogens with zero attached hydrogens (tertiary/aromatic N) is 2. The van der Waals surface area contributed by atoms with E-state index in [0.717, 1.165) is 5.56 Å². The van der Waals surface area contributed by atoms with E-state index in [1.807, 2.05) is 30.3 Å². The average molecular weight is 362 g/mol. The highest BCUT2D eigenvalue weighted by Gasteiger charge is 2.18. The zero-order valence-corrected chi connectivity index (χ0v) is 14.6. The van der Waals surface area contributed by atoms with Gasteiger partial charge in [0.05, 0.1) is 23.3 Å². The third-order valence-electron chi connectivity index (χ3n) is 3.58. The first-order valence-electron chi connectivity index (χ1n) is 7.30. The fourth-order valence-corrected chi connectivity index (χ4v) is 3.89. The quantitative estimate of drug-likeness (QED) is 0.753. The molecule has 0 spiro atoms. The maximum Gasteiger partial charge on any atom is 0.262 e. The van der Waals surface area contributed by atoms with Gasteiger partial charge in [0.1, 0.15) is 0 Å². The van der Waals surface area contributed by atoms with Gasteiger partial charge < -0.3 is 0 Å². The van der Waals surface area contributed by atoms with E-state index in [9.17, 15) is 8.42 Å². The van der Waals surface area contributed by atoms with Crippen molar-refractivity contribution in [1.82, 2.24) is 9.78 Å². The van der Waals surface area contributed by atoms with E-state index in [1.165, 1.54) is 12.3 Å². The highest BCUT2D eigenvalue weighted by Crippen LogP contribution is 2.24. The Morgan fingerprint density at radius 1 is 1.12 bits per heavy atom. The lowest BCUT2D eigenvalue weighted by atomic mass is 10.2. The highest BCUT2D eigenvalue weighted by atomic mass is 35.5. The lowest BCUT2D eigenvalue weighted by Crippen LogP contribution is -2.14. The molecule has 5 nitrogen and oxygen atoms in total. The van der Waals surface area contributed by atoms with Crippen molar-refractivity contribution in [3.8, 4) is 0 Å². The third kappa shape index (κ3) is 3.60. The summed E-state index contributed by atoms with van der Waals surface area (Å²) < 4.78 is 29.3. The number of hydrogen-bond donors (Lipinski definition) is 1. The SMILES string of the molecule is Cc1c(Cl)cccc1S(=O)(=O)Nc1cnn(Cc2ccccc2)c1. The van der Waals surface area contributed by atoms with Crippen molar-refractivity contribution < 1.29 is 8.42 Å². The molecule has 1 N–H and O–H groups in total. The van der Waals surface area contributed by atoms with Gasteiger partial charge in [-0.2, -0.15) is 5.10 Å². The van der Waals surface area contributed by atoms with Crippen LogP contribution in [0.5, 0.6) is 0 Å². The van der Waals surface area contributed by atoms with Gasteiger partial charge in [-0.15, -0.1) is 0 Å². The van der Waals surface area contributed by atoms with Crippen LogP contribution in [0.2, 0.25) is 5.02 Å². The van der Waals surface area contributed by atoms with Crippen LogP contribution < -0.4 is 4.72 Å². The van der Waals surface area contributed by atoms with Crippen molar-refractivity contribution >= 4 is 27.3 Å². The van der Waals surface area contributed by atoms with Crippen LogP contribution in [0, 0.1) is 6.92 Å². The van der Waals surface area contributed by atoms with Crippen LogP contribution in [0.1, 0.15) is 11.1 Å². The Labute approximate surface area is 145 Å². The van der Waals surface area contributed by atoms with Crippen LogP contribution in [0.25, 0.3) is 0 Å². The lowest BCUT2D eigenvalue weighted by Gasteiger charge is -2.09. The molecular weight excluding hydrogens is 346 g/mol. The fraction of sp³-hybridized carbons (Fsp3) is 0.118. The number of nitrogens with one attached hydrogen (secondary N) is 1. The van der Waals surface area contributed by atoms with E-state index >= 15 is 0 Å². The second-order valence-corrected chi connectivity index (χ2v) is 7.44. The summed E-state index contributed by atoms with van der Waals surface area (Å²) in [7, 11) is -3.71. The minimum atomic E-state index is -3.71. The van der Waals surface area contributed by atoms with Crippen LogP contribution >= 0.6 is 11.6 Å². The van der Waals surface area contributed by atoms with Crippen molar-refractivity contribution in [2.24, 2.45) is 0 Å². The molecule has 0 aliphatic carbocycles. The fourth-order valence-electron chi connectivity index (χ4n) is 2.36. The van der Waals surface area contributed by atoms with Crippen molar-refractivity contribution in [2.45, 2.75) is 18.4 Å². The topological polar surface area (TPSA) is 64.0 Å². The maximum atomic E-state index is 12.5. The zero-order valence-electron chi connectivity index (χ0n) is 13.0. The molecule has 2 aromatic carbocycles. The van der Waals surface area contributed by atoms with Gasteiger partial charge in [0, 0.05) is 11.2 Å². The largest absolute Gasteiger partial charge is 0.276 e. The molecule has 0 bridgehead atoms. The minimum Gasteiger partial charge on any atom is -0.276 e. The molecule has 0 fully saturated rings. The van der Waals surface area contributed by atoms with Crippen molar-refractivity contribution in [2.75, 3.05) is 4.72 Å². The first kappa shape index (κ1) is 16.5. The molecule has 0 amide bonds. The van der Waals surface area contributed by atoms with E-state index in [0.29, 0.717) is 22.8 Å². The van der Waals surface area contributed by atoms with Crippen LogP contribution in [0.15, 0.2) is 65.8 Å². The summed E-state index contributed by atoms with van der Waals surface area (Å²) in [5.41, 5.74) is 2.01. The normalized spacial score (nSPS) is 11.4. The molecule has 0 unspecified atom stereocenters. The van der Waals surface area contributed by atoms with Gasteiger partial charge in [-0.1, -0.05) is 48.0 Å². The van der Waals surface area contributed by atoms with Crippen molar-refractivity contribution in [3.63, 3.8) is 0 Å². The first-order valence-corrected chi connectivity index (χ1v) is 9.16. The Hall–Kier alpha value is -2.31. The monoisotopic (exact) mass is 361 g/mol.